The molecule has 6 nitrogen and oxygen atoms in total. The number of nitrogens with zero attached hydrogens (tertiary/aromatic N) is 1. The van der Waals surface area contributed by atoms with Crippen LogP contribution in [0.5, 0.6) is 0 Å². The van der Waals surface area contributed by atoms with E-state index in [0.29, 0.717) is 15.7 Å². The van der Waals surface area contributed by atoms with Crippen LogP contribution in [0.4, 0.5) is 14.9 Å². The van der Waals surface area contributed by atoms with Crippen molar-refractivity contribution in [3.05, 3.63) is 42.1 Å². The number of nitrogens with one attached hydrogen (secondary N) is 2. The fourth-order valence-corrected chi connectivity index (χ4v) is 2.25. The summed E-state index contributed by atoms with van der Waals surface area (Å²) in [5.41, 5.74) is -0.0292. The highest BCUT2D eigenvalue weighted by atomic mass is 32.1. The molecule has 2 rings (SSSR count). The van der Waals surface area contributed by atoms with Gasteiger partial charge in [-0.05, 0) is 32.9 Å². The standard InChI is InChI=1S/C15H17N3O3S.C2H6/c1-15(2,3)21-14(20)17-11-9-16-13(22-11)18-12(19)10-7-5-4-6-8-10;1-2/h4-9H,1-3H3,(H,17,20)(H,16,18,19);1-2H3. The van der Waals surface area contributed by atoms with E-state index in [4.69, 9.17) is 4.74 Å². The predicted molar refractivity (Wildman–Crippen MR) is 97.7 cm³/mol. The van der Waals surface area contributed by atoms with E-state index < -0.39 is 11.7 Å². The molecule has 0 fully saturated rings. The molecule has 0 radical (unpaired) electrons. The quantitative estimate of drug-likeness (QED) is 0.836. The molecular weight excluding hydrogens is 326 g/mol. The normalized spacial score (nSPS) is 10.2. The van der Waals surface area contributed by atoms with Gasteiger partial charge in [0.15, 0.2) is 5.13 Å². The second-order valence-corrected chi connectivity index (χ2v) is 6.51. The summed E-state index contributed by atoms with van der Waals surface area (Å²) in [4.78, 5) is 27.7. The molecular formula is C17H23N3O3S. The third-order valence-corrected chi connectivity index (χ3v) is 3.21. The lowest BCUT2D eigenvalue weighted by Gasteiger charge is -2.19. The third kappa shape index (κ3) is 6.78. The Balaban J connectivity index is 0.00000139. The second-order valence-electron chi connectivity index (χ2n) is 5.48. The Kier molecular flexibility index (Phi) is 7.38. The zero-order valence-electron chi connectivity index (χ0n) is 14.5. The lowest BCUT2D eigenvalue weighted by atomic mass is 10.2. The van der Waals surface area contributed by atoms with Crippen LogP contribution < -0.4 is 10.6 Å². The molecule has 1 heterocycles. The van der Waals surface area contributed by atoms with Crippen LogP contribution >= 0.6 is 11.3 Å². The second kappa shape index (κ2) is 9.02. The van der Waals surface area contributed by atoms with Gasteiger partial charge in [0.05, 0.1) is 6.20 Å². The van der Waals surface area contributed by atoms with Crippen molar-refractivity contribution in [1.82, 2.24) is 4.98 Å². The van der Waals surface area contributed by atoms with Gasteiger partial charge in [-0.15, -0.1) is 0 Å². The van der Waals surface area contributed by atoms with E-state index in [9.17, 15) is 9.59 Å². The van der Waals surface area contributed by atoms with Crippen LogP contribution in [-0.2, 0) is 4.74 Å². The minimum atomic E-state index is -0.570. The fourth-order valence-electron chi connectivity index (χ4n) is 1.55. The molecule has 0 aliphatic rings. The highest BCUT2D eigenvalue weighted by Crippen LogP contribution is 2.24. The van der Waals surface area contributed by atoms with E-state index in [1.165, 1.54) is 6.20 Å². The van der Waals surface area contributed by atoms with Crippen LogP contribution in [0.3, 0.4) is 0 Å². The average Bonchev–Trinajstić information content (AvgIpc) is 2.95. The molecule has 0 aliphatic heterocycles. The Morgan fingerprint density at radius 1 is 1.08 bits per heavy atom. The molecule has 7 heteroatoms. The van der Waals surface area contributed by atoms with Gasteiger partial charge in [0, 0.05) is 5.56 Å². The van der Waals surface area contributed by atoms with Gasteiger partial charge in [0.25, 0.3) is 5.91 Å². The zero-order chi connectivity index (χ0) is 18.2. The van der Waals surface area contributed by atoms with Gasteiger partial charge in [-0.2, -0.15) is 0 Å². The predicted octanol–water partition coefficient (Wildman–Crippen LogP) is 4.77. The Bertz CT molecular complexity index is 663. The van der Waals surface area contributed by atoms with Crippen LogP contribution in [0.2, 0.25) is 0 Å². The van der Waals surface area contributed by atoms with Crippen LogP contribution in [0.1, 0.15) is 45.0 Å². The van der Waals surface area contributed by atoms with Crippen molar-refractivity contribution in [3.8, 4) is 0 Å². The molecule has 1 aromatic carbocycles. The number of amides is 2. The molecule has 0 bridgehead atoms. The lowest BCUT2D eigenvalue weighted by Crippen LogP contribution is -2.26. The topological polar surface area (TPSA) is 80.3 Å². The van der Waals surface area contributed by atoms with E-state index in [0.717, 1.165) is 11.3 Å². The van der Waals surface area contributed by atoms with Crippen molar-refractivity contribution in [3.63, 3.8) is 0 Å². The molecule has 0 saturated heterocycles. The first-order valence-electron chi connectivity index (χ1n) is 7.66. The first-order valence-corrected chi connectivity index (χ1v) is 8.47. The van der Waals surface area contributed by atoms with Crippen molar-refractivity contribution in [2.75, 3.05) is 10.6 Å². The summed E-state index contributed by atoms with van der Waals surface area (Å²) < 4.78 is 5.14. The molecule has 1 aromatic heterocycles. The smallest absolute Gasteiger partial charge is 0.412 e. The van der Waals surface area contributed by atoms with Crippen LogP contribution in [0.25, 0.3) is 0 Å². The Morgan fingerprint density at radius 3 is 2.29 bits per heavy atom. The number of ether oxygens (including phenoxy) is 1. The molecule has 0 unspecified atom stereocenters. The van der Waals surface area contributed by atoms with Crippen LogP contribution in [-0.4, -0.2) is 22.6 Å². The van der Waals surface area contributed by atoms with Crippen LogP contribution in [0, 0.1) is 0 Å². The highest BCUT2D eigenvalue weighted by molar-refractivity contribution is 7.19. The minimum Gasteiger partial charge on any atom is -0.444 e. The van der Waals surface area contributed by atoms with Gasteiger partial charge in [0.1, 0.15) is 10.6 Å². The first-order chi connectivity index (χ1) is 11.3. The Hall–Kier alpha value is -2.41. The number of hydrogen-bond donors (Lipinski definition) is 2. The summed E-state index contributed by atoms with van der Waals surface area (Å²) in [7, 11) is 0. The summed E-state index contributed by atoms with van der Waals surface area (Å²) in [6, 6.07) is 8.83. The summed E-state index contributed by atoms with van der Waals surface area (Å²) in [5.74, 6) is -0.251. The van der Waals surface area contributed by atoms with E-state index in [-0.39, 0.29) is 5.91 Å². The molecule has 2 amide bonds. The minimum absolute atomic E-state index is 0.251. The molecule has 2 N–H and O–H groups in total. The van der Waals surface area contributed by atoms with E-state index in [1.807, 2.05) is 19.9 Å². The largest absolute Gasteiger partial charge is 0.444 e. The van der Waals surface area contributed by atoms with Gasteiger partial charge in [0.2, 0.25) is 0 Å². The van der Waals surface area contributed by atoms with E-state index in [2.05, 4.69) is 15.6 Å². The number of benzene rings is 1. The maximum atomic E-state index is 12.0. The van der Waals surface area contributed by atoms with Gasteiger partial charge >= 0.3 is 6.09 Å². The fraction of sp³-hybridized carbons (Fsp3) is 0.353. The van der Waals surface area contributed by atoms with E-state index in [1.54, 1.807) is 45.0 Å². The number of anilines is 2. The van der Waals surface area contributed by atoms with Gasteiger partial charge in [-0.3, -0.25) is 15.4 Å². The van der Waals surface area contributed by atoms with Crippen molar-refractivity contribution < 1.29 is 14.3 Å². The highest BCUT2D eigenvalue weighted by Gasteiger charge is 2.17. The molecule has 0 saturated carbocycles. The van der Waals surface area contributed by atoms with Gasteiger partial charge in [-0.25, -0.2) is 9.78 Å². The molecule has 0 aliphatic carbocycles. The van der Waals surface area contributed by atoms with Gasteiger partial charge in [-0.1, -0.05) is 43.4 Å². The molecule has 24 heavy (non-hydrogen) atoms. The number of carbonyl (C=O) groups is 2. The van der Waals surface area contributed by atoms with Gasteiger partial charge < -0.3 is 4.74 Å². The summed E-state index contributed by atoms with van der Waals surface area (Å²) in [6.45, 7) is 9.35. The number of aromatic nitrogens is 1. The number of rotatable bonds is 3. The third-order valence-electron chi connectivity index (χ3n) is 2.39. The summed E-state index contributed by atoms with van der Waals surface area (Å²) in [5, 5.41) is 6.15. The van der Waals surface area contributed by atoms with Crippen molar-refractivity contribution in [1.29, 1.82) is 0 Å². The SMILES string of the molecule is CC.CC(C)(C)OC(=O)Nc1cnc(NC(=O)c2ccccc2)s1. The van der Waals surface area contributed by atoms with Crippen LogP contribution in [0.15, 0.2) is 36.5 Å². The van der Waals surface area contributed by atoms with Crippen molar-refractivity contribution in [2.45, 2.75) is 40.2 Å². The molecule has 130 valence electrons. The monoisotopic (exact) mass is 349 g/mol. The summed E-state index contributed by atoms with van der Waals surface area (Å²) >= 11 is 1.16. The molecule has 0 atom stereocenters. The summed E-state index contributed by atoms with van der Waals surface area (Å²) in [6.07, 6.45) is 0.909. The maximum Gasteiger partial charge on any atom is 0.412 e. The first kappa shape index (κ1) is 19.6. The number of thiazole rings is 1. The van der Waals surface area contributed by atoms with Crippen molar-refractivity contribution >= 4 is 33.5 Å². The zero-order valence-corrected chi connectivity index (χ0v) is 15.4. The van der Waals surface area contributed by atoms with E-state index >= 15 is 0 Å². The lowest BCUT2D eigenvalue weighted by molar-refractivity contribution is 0.0636. The Morgan fingerprint density at radius 2 is 1.71 bits per heavy atom. The molecule has 2 aromatic rings. The number of hydrogen-bond acceptors (Lipinski definition) is 5. The average molecular weight is 349 g/mol. The molecule has 0 spiro atoms. The number of carbonyl (C=O) groups excluding carboxylic acids is 2. The Labute approximate surface area is 146 Å². The maximum absolute atomic E-state index is 12.0. The van der Waals surface area contributed by atoms with Crippen molar-refractivity contribution in [2.24, 2.45) is 0 Å².